The van der Waals surface area contributed by atoms with Crippen molar-refractivity contribution in [2.24, 2.45) is 0 Å². The first-order valence-electron chi connectivity index (χ1n) is 38.8. The van der Waals surface area contributed by atoms with Crippen molar-refractivity contribution in [3.8, 4) is 0 Å². The van der Waals surface area contributed by atoms with Crippen LogP contribution < -0.4 is 0 Å². The van der Waals surface area contributed by atoms with Gasteiger partial charge in [0.05, 0.1) is 35.5 Å². The smallest absolute Gasteiger partial charge is 0.338 e. The fourth-order valence-corrected chi connectivity index (χ4v) is 13.9. The Labute approximate surface area is 713 Å². The molecule has 678 valence electrons. The number of hydrogen-bond donors (Lipinski definition) is 0. The third kappa shape index (κ3) is 27.3. The Hall–Kier alpha value is -12.0. The van der Waals surface area contributed by atoms with Gasteiger partial charge in [-0.3, -0.25) is 57.5 Å². The third-order valence-electron chi connectivity index (χ3n) is 18.7. The van der Waals surface area contributed by atoms with E-state index in [2.05, 4.69) is 0 Å². The van der Waals surface area contributed by atoms with Crippen molar-refractivity contribution in [2.75, 3.05) is 40.1 Å². The van der Waals surface area contributed by atoms with Crippen molar-refractivity contribution in [3.63, 3.8) is 0 Å². The summed E-state index contributed by atoms with van der Waals surface area (Å²) in [6.07, 6.45) is -51.1. The SMILES string of the molecule is CO[C@H]1O[C@H](CO[C@H]2O[C@H](CO[C@H]3O[C@H](COC(C)=O)[C@@H](OC(C)=O)[C@H](OC(C)=O)[C@@H]3OC(C)=O)[C@@H](OC(C)=O)[C@H](O[C@H]3O[C@H](COC(C)=O)[C@@H](OC(C)=O)[C@H](OC(C)=O)[C@@H]3OC(C)=O)[C@@H]2OC(C)=O)[C@@H](OC(C)=O)[C@H](O[C@H]2O[C@H](COC(=O)c3ccccc3)[C@@H](OC(=O)c3ccccc3)[C@H](OC(=O)c3ccccc3)[C@@H]2OC(=O)c2ccccc2)[C@@H]1OC(C)=O. The largest absolute Gasteiger partial charge is 0.463 e. The molecular formula is C83H94O42. The molecule has 5 aliphatic rings. The van der Waals surface area contributed by atoms with E-state index in [9.17, 15) is 76.7 Å². The van der Waals surface area contributed by atoms with Gasteiger partial charge in [-0.15, -0.1) is 0 Å². The molecular weight excluding hydrogens is 1670 g/mol. The number of hydrogen-bond acceptors (Lipinski definition) is 42. The van der Waals surface area contributed by atoms with E-state index >= 15 is 0 Å². The molecule has 9 rings (SSSR count). The Kier molecular flexibility index (Phi) is 35.3. The first-order valence-corrected chi connectivity index (χ1v) is 38.8. The molecule has 0 amide bonds. The Morgan fingerprint density at radius 1 is 0.216 bits per heavy atom. The topological polar surface area (TPSA) is 513 Å². The van der Waals surface area contributed by atoms with Crippen molar-refractivity contribution < 1.29 is 200 Å². The van der Waals surface area contributed by atoms with Crippen molar-refractivity contribution in [2.45, 2.75) is 237 Å². The number of carbonyl (C=O) groups excluding carboxylic acids is 16. The highest BCUT2D eigenvalue weighted by molar-refractivity contribution is 5.92. The maximum absolute atomic E-state index is 14.9. The molecule has 4 aromatic rings. The molecule has 0 N–H and O–H groups in total. The van der Waals surface area contributed by atoms with Crippen molar-refractivity contribution in [1.29, 1.82) is 0 Å². The average molecular weight is 1760 g/mol. The van der Waals surface area contributed by atoms with Gasteiger partial charge in [0.15, 0.2) is 111 Å². The van der Waals surface area contributed by atoms with Gasteiger partial charge >= 0.3 is 95.5 Å². The van der Waals surface area contributed by atoms with Gasteiger partial charge in [0.2, 0.25) is 0 Å². The van der Waals surface area contributed by atoms with Crippen LogP contribution in [0.25, 0.3) is 0 Å². The monoisotopic (exact) mass is 1760 g/mol. The van der Waals surface area contributed by atoms with Crippen LogP contribution in [-0.4, -0.2) is 289 Å². The van der Waals surface area contributed by atoms with Crippen LogP contribution in [0, 0.1) is 0 Å². The number of esters is 16. The number of benzene rings is 4. The highest BCUT2D eigenvalue weighted by Gasteiger charge is 2.62. The highest BCUT2D eigenvalue weighted by Crippen LogP contribution is 2.41. The summed E-state index contributed by atoms with van der Waals surface area (Å²) in [5.41, 5.74) is -0.342. The van der Waals surface area contributed by atoms with Gasteiger partial charge in [-0.2, -0.15) is 0 Å². The lowest BCUT2D eigenvalue weighted by molar-refractivity contribution is -0.376. The minimum atomic E-state index is -2.32. The van der Waals surface area contributed by atoms with Crippen LogP contribution in [0.15, 0.2) is 121 Å². The Morgan fingerprint density at radius 3 is 0.736 bits per heavy atom. The molecule has 0 unspecified atom stereocenters. The molecule has 42 heteroatoms. The Morgan fingerprint density at radius 2 is 0.424 bits per heavy atom. The summed E-state index contributed by atoms with van der Waals surface area (Å²) in [5, 5.41) is 0. The van der Waals surface area contributed by atoms with E-state index in [4.69, 9.17) is 123 Å². The van der Waals surface area contributed by atoms with Crippen LogP contribution in [0.5, 0.6) is 0 Å². The highest BCUT2D eigenvalue weighted by atomic mass is 16.8. The molecule has 0 radical (unpaired) electrons. The second kappa shape index (κ2) is 45.6. The van der Waals surface area contributed by atoms with E-state index in [0.717, 1.165) is 90.2 Å². The first kappa shape index (κ1) is 96.8. The third-order valence-corrected chi connectivity index (χ3v) is 18.7. The minimum Gasteiger partial charge on any atom is -0.463 e. The van der Waals surface area contributed by atoms with Gasteiger partial charge in [0, 0.05) is 90.2 Å². The summed E-state index contributed by atoms with van der Waals surface area (Å²) < 4.78 is 158. The average Bonchev–Trinajstić information content (AvgIpc) is 0.762. The van der Waals surface area contributed by atoms with Crippen LogP contribution in [0.1, 0.15) is 125 Å². The molecule has 125 heavy (non-hydrogen) atoms. The van der Waals surface area contributed by atoms with E-state index in [1.807, 2.05) is 0 Å². The first-order chi connectivity index (χ1) is 59.5. The molecule has 0 aromatic heterocycles. The quantitative estimate of drug-likeness (QED) is 0.0479. The molecule has 5 heterocycles. The van der Waals surface area contributed by atoms with Crippen molar-refractivity contribution >= 4 is 95.5 Å². The maximum Gasteiger partial charge on any atom is 0.338 e. The van der Waals surface area contributed by atoms with Crippen molar-refractivity contribution in [1.82, 2.24) is 0 Å². The summed E-state index contributed by atoms with van der Waals surface area (Å²) in [5.74, 6) is -17.4. The van der Waals surface area contributed by atoms with Crippen LogP contribution in [0.4, 0.5) is 0 Å². The number of ether oxygens (including phenoxy) is 26. The van der Waals surface area contributed by atoms with Gasteiger partial charge in [0.25, 0.3) is 0 Å². The second-order valence-corrected chi connectivity index (χ2v) is 28.3. The molecule has 0 saturated carbocycles. The standard InChI is InChI=1S/C83H94O42/c1-39(84)101-34-55-60(106-41(3)86)65(110-45(7)90)71(113-48(10)93)80(117-55)105-38-59-63(109-44(6)89)69(125-82-73(115-50(12)95)66(111-46(8)91)61(107-42(4)87)56(119-82)35-102-40(2)85)72(114-49(11)94)81(118-59)104-37-58-62(108-43(5)88)68(70(112-47(9)92)79(100-13)116-58)124-83-74(123-78(99)54-32-24-17-25-33-54)67(122-77(98)53-30-22-16-23-31-53)64(121-76(97)52-28-20-15-21-29-52)57(120-83)36-103-75(96)51-26-18-14-19-27-51/h14-33,55-74,79-83H,34-38H2,1-13H3/t55-,56-,57-,58-,59-,60-,61-,62-,63-,64-,65+,66+,67+,68+,69+,70+,71+,72+,73+,74+,79+,80+,81+,82-,83-/m1/s1. The minimum absolute atomic E-state index is 0.00433. The van der Waals surface area contributed by atoms with Gasteiger partial charge in [-0.1, -0.05) is 72.8 Å². The molecule has 25 atom stereocenters. The van der Waals surface area contributed by atoms with Gasteiger partial charge in [-0.05, 0) is 48.5 Å². The van der Waals surface area contributed by atoms with Crippen LogP contribution in [-0.2, 0) is 181 Å². The Balaban J connectivity index is 1.21. The zero-order valence-electron chi connectivity index (χ0n) is 69.7. The second-order valence-electron chi connectivity index (χ2n) is 28.3. The lowest BCUT2D eigenvalue weighted by Crippen LogP contribution is -2.68. The van der Waals surface area contributed by atoms with E-state index in [1.54, 1.807) is 24.3 Å². The number of rotatable bonds is 34. The normalized spacial score (nSPS) is 29.3. The fourth-order valence-electron chi connectivity index (χ4n) is 13.9. The van der Waals surface area contributed by atoms with E-state index in [0.29, 0.717) is 0 Å². The van der Waals surface area contributed by atoms with Crippen LogP contribution >= 0.6 is 0 Å². The lowest BCUT2D eigenvalue weighted by atomic mass is 9.95. The Bertz CT molecular complexity index is 4430. The molecule has 4 aromatic carbocycles. The molecule has 0 bridgehead atoms. The van der Waals surface area contributed by atoms with Gasteiger partial charge in [-0.25, -0.2) is 19.2 Å². The van der Waals surface area contributed by atoms with Crippen LogP contribution in [0.2, 0.25) is 0 Å². The molecule has 5 aliphatic heterocycles. The number of methoxy groups -OCH3 is 1. The maximum atomic E-state index is 14.9. The predicted octanol–water partition coefficient (Wildman–Crippen LogP) is 3.04. The van der Waals surface area contributed by atoms with E-state index in [-0.39, 0.29) is 22.3 Å². The zero-order chi connectivity index (χ0) is 91.0. The molecule has 42 nitrogen and oxygen atoms in total. The van der Waals surface area contributed by atoms with E-state index < -0.39 is 282 Å². The molecule has 0 aliphatic carbocycles. The zero-order valence-corrected chi connectivity index (χ0v) is 69.7. The van der Waals surface area contributed by atoms with Gasteiger partial charge in [0.1, 0.15) is 62.5 Å². The molecule has 5 saturated heterocycles. The van der Waals surface area contributed by atoms with Crippen molar-refractivity contribution in [3.05, 3.63) is 144 Å². The van der Waals surface area contributed by atoms with Crippen LogP contribution in [0.3, 0.4) is 0 Å². The summed E-state index contributed by atoms with van der Waals surface area (Å²) in [4.78, 5) is 217. The van der Waals surface area contributed by atoms with E-state index in [1.165, 1.54) is 97.1 Å². The summed E-state index contributed by atoms with van der Waals surface area (Å²) in [7, 11) is 1.05. The number of carbonyl (C=O) groups is 16. The summed E-state index contributed by atoms with van der Waals surface area (Å²) in [6, 6.07) is 29.3. The molecule has 0 spiro atoms. The summed E-state index contributed by atoms with van der Waals surface area (Å²) in [6.45, 7) is 6.36. The molecule has 5 fully saturated rings. The lowest BCUT2D eigenvalue weighted by Gasteiger charge is -2.50. The van der Waals surface area contributed by atoms with Gasteiger partial charge < -0.3 is 123 Å². The predicted molar refractivity (Wildman–Crippen MR) is 404 cm³/mol. The summed E-state index contributed by atoms with van der Waals surface area (Å²) >= 11 is 0. The fraction of sp³-hybridized carbons (Fsp3) is 0.518.